The van der Waals surface area contributed by atoms with Crippen LogP contribution >= 0.6 is 0 Å². The average molecular weight is 374 g/mol. The molecule has 3 rings (SSSR count). The van der Waals surface area contributed by atoms with E-state index < -0.39 is 10.7 Å². The predicted octanol–water partition coefficient (Wildman–Crippen LogP) is 5.38. The summed E-state index contributed by atoms with van der Waals surface area (Å²) in [5.41, 5.74) is 2.25. The van der Waals surface area contributed by atoms with E-state index >= 15 is 0 Å². The third-order valence-electron chi connectivity index (χ3n) is 4.02. The van der Waals surface area contributed by atoms with Crippen LogP contribution in [0.1, 0.15) is 16.7 Å². The first-order chi connectivity index (χ1) is 13.6. The molecule has 3 aromatic rings. The van der Waals surface area contributed by atoms with Gasteiger partial charge in [0.2, 0.25) is 0 Å². The lowest BCUT2D eigenvalue weighted by molar-refractivity contribution is -0.384. The molecule has 3 aromatic carbocycles. The Labute approximate surface area is 161 Å². The summed E-state index contributed by atoms with van der Waals surface area (Å²) < 4.78 is 19.3. The van der Waals surface area contributed by atoms with Crippen molar-refractivity contribution in [3.63, 3.8) is 0 Å². The van der Waals surface area contributed by atoms with E-state index in [1.54, 1.807) is 48.5 Å². The molecule has 5 nitrogen and oxygen atoms in total. The molecule has 0 amide bonds. The van der Waals surface area contributed by atoms with Crippen LogP contribution in [0.25, 0.3) is 11.6 Å². The highest BCUT2D eigenvalue weighted by Gasteiger charge is 2.08. The number of nitrogens with zero attached hydrogens (tertiary/aromatic N) is 2. The van der Waals surface area contributed by atoms with E-state index in [1.807, 2.05) is 6.07 Å². The van der Waals surface area contributed by atoms with E-state index in [9.17, 15) is 19.8 Å². The molecule has 0 aliphatic heterocycles. The quantitative estimate of drug-likeness (QED) is 0.251. The third kappa shape index (κ3) is 4.59. The summed E-state index contributed by atoms with van der Waals surface area (Å²) in [5.74, 6) is 0.131. The molecule has 0 spiro atoms. The summed E-state index contributed by atoms with van der Waals surface area (Å²) in [7, 11) is 0. The van der Waals surface area contributed by atoms with Crippen molar-refractivity contribution in [2.45, 2.75) is 6.61 Å². The van der Waals surface area contributed by atoms with Crippen molar-refractivity contribution in [2.75, 3.05) is 0 Å². The fourth-order valence-electron chi connectivity index (χ4n) is 2.60. The second-order valence-corrected chi connectivity index (χ2v) is 5.93. The number of nitriles is 1. The maximum atomic E-state index is 13.5. The number of nitro benzene ring substituents is 1. The second-order valence-electron chi connectivity index (χ2n) is 5.93. The number of ether oxygens (including phenoxy) is 1. The standard InChI is InChI=1S/C22H15FN2O3/c23-20-6-3-5-17(13-20)19(14-24)12-18-4-1-2-7-22(18)28-15-16-8-10-21(11-9-16)25(26)27/h1-13H,15H2/b19-12-. The van der Waals surface area contributed by atoms with E-state index in [1.165, 1.54) is 24.3 Å². The smallest absolute Gasteiger partial charge is 0.269 e. The molecule has 0 saturated carbocycles. The van der Waals surface area contributed by atoms with Crippen molar-refractivity contribution in [3.8, 4) is 11.8 Å². The third-order valence-corrected chi connectivity index (χ3v) is 4.02. The van der Waals surface area contributed by atoms with Crippen LogP contribution in [0.5, 0.6) is 5.75 Å². The van der Waals surface area contributed by atoms with Crippen molar-refractivity contribution in [2.24, 2.45) is 0 Å². The molecule has 0 radical (unpaired) electrons. The Kier molecular flexibility index (Phi) is 5.78. The lowest BCUT2D eigenvalue weighted by Gasteiger charge is -2.10. The lowest BCUT2D eigenvalue weighted by Crippen LogP contribution is -1.97. The van der Waals surface area contributed by atoms with Gasteiger partial charge in [0.25, 0.3) is 5.69 Å². The van der Waals surface area contributed by atoms with E-state index in [0.717, 1.165) is 5.56 Å². The van der Waals surface area contributed by atoms with E-state index in [4.69, 9.17) is 4.74 Å². The molecule has 138 valence electrons. The van der Waals surface area contributed by atoms with Crippen LogP contribution in [0.4, 0.5) is 10.1 Å². The second kappa shape index (κ2) is 8.60. The largest absolute Gasteiger partial charge is 0.488 e. The number of para-hydroxylation sites is 1. The number of non-ortho nitro benzene ring substituents is 1. The molecular weight excluding hydrogens is 359 g/mol. The van der Waals surface area contributed by atoms with Gasteiger partial charge in [-0.15, -0.1) is 0 Å². The van der Waals surface area contributed by atoms with Gasteiger partial charge in [0.1, 0.15) is 18.2 Å². The first-order valence-electron chi connectivity index (χ1n) is 8.40. The molecule has 0 aliphatic carbocycles. The van der Waals surface area contributed by atoms with Gasteiger partial charge in [-0.25, -0.2) is 4.39 Å². The summed E-state index contributed by atoms with van der Waals surface area (Å²) in [6.45, 7) is 0.213. The van der Waals surface area contributed by atoms with Gasteiger partial charge in [0.05, 0.1) is 16.6 Å². The molecule has 0 fully saturated rings. The molecule has 0 unspecified atom stereocenters. The monoisotopic (exact) mass is 374 g/mol. The Morgan fingerprint density at radius 2 is 1.86 bits per heavy atom. The van der Waals surface area contributed by atoms with Crippen LogP contribution in [0.2, 0.25) is 0 Å². The first kappa shape index (κ1) is 18.8. The summed E-state index contributed by atoms with van der Waals surface area (Å²) in [6, 6.07) is 21.2. The van der Waals surface area contributed by atoms with Gasteiger partial charge in [-0.2, -0.15) is 5.26 Å². The Balaban J connectivity index is 1.82. The van der Waals surface area contributed by atoms with Crippen LogP contribution < -0.4 is 4.74 Å². The molecule has 0 aromatic heterocycles. The first-order valence-corrected chi connectivity index (χ1v) is 8.40. The minimum absolute atomic E-state index is 0.0147. The average Bonchev–Trinajstić information content (AvgIpc) is 2.71. The predicted molar refractivity (Wildman–Crippen MR) is 104 cm³/mol. The molecule has 0 atom stereocenters. The van der Waals surface area contributed by atoms with Crippen molar-refractivity contribution in [1.29, 1.82) is 5.26 Å². The molecule has 28 heavy (non-hydrogen) atoms. The van der Waals surface area contributed by atoms with E-state index in [0.29, 0.717) is 22.4 Å². The van der Waals surface area contributed by atoms with Crippen LogP contribution in [-0.2, 0) is 6.61 Å². The number of rotatable bonds is 6. The SMILES string of the molecule is N#C/C(=C/c1ccccc1OCc1ccc([N+](=O)[O-])cc1)c1cccc(F)c1. The minimum Gasteiger partial charge on any atom is -0.488 e. The maximum Gasteiger partial charge on any atom is 0.269 e. The zero-order valence-electron chi connectivity index (χ0n) is 14.7. The Hall–Kier alpha value is -3.98. The molecular formula is C22H15FN2O3. The van der Waals surface area contributed by atoms with Gasteiger partial charge < -0.3 is 4.74 Å². The van der Waals surface area contributed by atoms with Gasteiger partial charge in [0.15, 0.2) is 0 Å². The fourth-order valence-corrected chi connectivity index (χ4v) is 2.60. The molecule has 0 heterocycles. The molecule has 0 N–H and O–H groups in total. The van der Waals surface area contributed by atoms with Gasteiger partial charge in [-0.05, 0) is 47.5 Å². The summed E-state index contributed by atoms with van der Waals surface area (Å²) >= 11 is 0. The number of allylic oxidation sites excluding steroid dienone is 1. The van der Waals surface area contributed by atoms with Crippen LogP contribution in [0.15, 0.2) is 72.8 Å². The van der Waals surface area contributed by atoms with Crippen LogP contribution in [0.3, 0.4) is 0 Å². The van der Waals surface area contributed by atoms with Crippen molar-refractivity contribution < 1.29 is 14.1 Å². The van der Waals surface area contributed by atoms with E-state index in [-0.39, 0.29) is 12.3 Å². The highest BCUT2D eigenvalue weighted by Crippen LogP contribution is 2.26. The topological polar surface area (TPSA) is 76.2 Å². The number of nitro groups is 1. The number of halogens is 1. The summed E-state index contributed by atoms with van der Waals surface area (Å²) in [4.78, 5) is 10.3. The summed E-state index contributed by atoms with van der Waals surface area (Å²) in [6.07, 6.45) is 1.64. The summed E-state index contributed by atoms with van der Waals surface area (Å²) in [5, 5.41) is 20.2. The molecule has 0 bridgehead atoms. The van der Waals surface area contributed by atoms with E-state index in [2.05, 4.69) is 6.07 Å². The zero-order valence-corrected chi connectivity index (χ0v) is 14.7. The normalized spacial score (nSPS) is 10.9. The Morgan fingerprint density at radius 3 is 2.54 bits per heavy atom. The van der Waals surface area contributed by atoms with Crippen molar-refractivity contribution in [1.82, 2.24) is 0 Å². The van der Waals surface area contributed by atoms with Gasteiger partial charge in [-0.3, -0.25) is 10.1 Å². The maximum absolute atomic E-state index is 13.5. The molecule has 6 heteroatoms. The number of hydrogen-bond acceptors (Lipinski definition) is 4. The molecule has 0 saturated heterocycles. The van der Waals surface area contributed by atoms with Gasteiger partial charge in [0, 0.05) is 17.7 Å². The highest BCUT2D eigenvalue weighted by atomic mass is 19.1. The van der Waals surface area contributed by atoms with Crippen LogP contribution in [0, 0.1) is 27.3 Å². The van der Waals surface area contributed by atoms with Crippen molar-refractivity contribution in [3.05, 3.63) is 105 Å². The van der Waals surface area contributed by atoms with Crippen LogP contribution in [-0.4, -0.2) is 4.92 Å². The number of benzene rings is 3. The Bertz CT molecular complexity index is 1070. The molecule has 0 aliphatic rings. The minimum atomic E-state index is -0.458. The Morgan fingerprint density at radius 1 is 1.11 bits per heavy atom. The van der Waals surface area contributed by atoms with Crippen molar-refractivity contribution >= 4 is 17.3 Å². The zero-order chi connectivity index (χ0) is 19.9. The highest BCUT2D eigenvalue weighted by molar-refractivity contribution is 5.90. The van der Waals surface area contributed by atoms with Gasteiger partial charge >= 0.3 is 0 Å². The fraction of sp³-hybridized carbons (Fsp3) is 0.0455. The van der Waals surface area contributed by atoms with Gasteiger partial charge in [-0.1, -0.05) is 30.3 Å². The number of hydrogen-bond donors (Lipinski definition) is 0. The lowest BCUT2D eigenvalue weighted by atomic mass is 10.0.